The Morgan fingerprint density at radius 1 is 1.03 bits per heavy atom. The predicted octanol–water partition coefficient (Wildman–Crippen LogP) is 4.82. The highest BCUT2D eigenvalue weighted by molar-refractivity contribution is 14.0. The zero-order chi connectivity index (χ0) is 21.4. The van der Waals surface area contributed by atoms with Gasteiger partial charge >= 0.3 is 6.18 Å². The average molecular weight is 543 g/mol. The number of guanidine groups is 1. The van der Waals surface area contributed by atoms with Crippen LogP contribution in [0, 0.1) is 0 Å². The summed E-state index contributed by atoms with van der Waals surface area (Å²) in [6.45, 7) is 3.84. The van der Waals surface area contributed by atoms with Gasteiger partial charge in [0.25, 0.3) is 0 Å². The first-order chi connectivity index (χ1) is 14.5. The molecule has 0 saturated heterocycles. The lowest BCUT2D eigenvalue weighted by atomic mass is 10.1. The summed E-state index contributed by atoms with van der Waals surface area (Å²) in [5, 5.41) is 6.31. The second-order valence-electron chi connectivity index (χ2n) is 6.70. The molecule has 9 heteroatoms. The van der Waals surface area contributed by atoms with E-state index in [2.05, 4.69) is 32.7 Å². The molecule has 0 radical (unpaired) electrons. The fourth-order valence-electron chi connectivity index (χ4n) is 2.95. The first kappa shape index (κ1) is 24.7. The largest absolute Gasteiger partial charge is 0.416 e. The topological polar surface area (TPSA) is 54.2 Å². The molecular weight excluding hydrogens is 518 g/mol. The number of halogens is 4. The number of benzene rings is 2. The maximum Gasteiger partial charge on any atom is 0.416 e. The summed E-state index contributed by atoms with van der Waals surface area (Å²) in [6.07, 6.45) is -0.707. The van der Waals surface area contributed by atoms with Crippen LogP contribution in [0.5, 0.6) is 0 Å². The van der Waals surface area contributed by atoms with Crippen molar-refractivity contribution in [3.05, 3.63) is 89.5 Å². The SMILES string of the molecule is CCNC(=NCc1cccc(C(F)(F)F)c1)NCc1nccn1Cc1ccccc1.I. The Balaban J connectivity index is 0.00000341. The highest BCUT2D eigenvalue weighted by Gasteiger charge is 2.30. The van der Waals surface area contributed by atoms with Crippen LogP contribution in [0.25, 0.3) is 0 Å². The van der Waals surface area contributed by atoms with Gasteiger partial charge in [-0.05, 0) is 30.2 Å². The van der Waals surface area contributed by atoms with Crippen molar-refractivity contribution in [2.45, 2.75) is 32.7 Å². The fourth-order valence-corrected chi connectivity index (χ4v) is 2.95. The van der Waals surface area contributed by atoms with Crippen LogP contribution in [0.3, 0.4) is 0 Å². The van der Waals surface area contributed by atoms with Crippen molar-refractivity contribution in [3.63, 3.8) is 0 Å². The van der Waals surface area contributed by atoms with Gasteiger partial charge in [-0.15, -0.1) is 24.0 Å². The monoisotopic (exact) mass is 543 g/mol. The van der Waals surface area contributed by atoms with Crippen molar-refractivity contribution in [1.29, 1.82) is 0 Å². The molecule has 3 aromatic rings. The van der Waals surface area contributed by atoms with Gasteiger partial charge in [0.1, 0.15) is 5.82 Å². The molecule has 0 spiro atoms. The highest BCUT2D eigenvalue weighted by atomic mass is 127. The van der Waals surface area contributed by atoms with Gasteiger partial charge in [0.2, 0.25) is 0 Å². The molecule has 0 aliphatic heterocycles. The van der Waals surface area contributed by atoms with Gasteiger partial charge in [-0.1, -0.05) is 42.5 Å². The molecular formula is C22H25F3IN5. The summed E-state index contributed by atoms with van der Waals surface area (Å²) in [5.74, 6) is 1.35. The lowest BCUT2D eigenvalue weighted by Crippen LogP contribution is -2.37. The Bertz CT molecular complexity index is 971. The van der Waals surface area contributed by atoms with Gasteiger partial charge in [-0.25, -0.2) is 9.98 Å². The van der Waals surface area contributed by atoms with Crippen molar-refractivity contribution in [1.82, 2.24) is 20.2 Å². The molecule has 1 aromatic heterocycles. The highest BCUT2D eigenvalue weighted by Crippen LogP contribution is 2.29. The molecule has 2 N–H and O–H groups in total. The first-order valence-electron chi connectivity index (χ1n) is 9.68. The normalized spacial score (nSPS) is 11.7. The molecule has 0 unspecified atom stereocenters. The molecule has 31 heavy (non-hydrogen) atoms. The van der Waals surface area contributed by atoms with Crippen LogP contribution >= 0.6 is 24.0 Å². The Hall–Kier alpha value is -2.56. The summed E-state index contributed by atoms with van der Waals surface area (Å²) in [6, 6.07) is 15.3. The third-order valence-electron chi connectivity index (χ3n) is 4.43. The molecule has 1 heterocycles. The zero-order valence-corrected chi connectivity index (χ0v) is 19.4. The van der Waals surface area contributed by atoms with E-state index in [0.717, 1.165) is 18.0 Å². The molecule has 166 valence electrons. The van der Waals surface area contributed by atoms with E-state index in [9.17, 15) is 13.2 Å². The molecule has 0 atom stereocenters. The van der Waals surface area contributed by atoms with Crippen molar-refractivity contribution >= 4 is 29.9 Å². The number of aliphatic imine (C=N–C) groups is 1. The molecule has 2 aromatic carbocycles. The van der Waals surface area contributed by atoms with E-state index in [-0.39, 0.29) is 30.5 Å². The van der Waals surface area contributed by atoms with E-state index in [1.54, 1.807) is 12.3 Å². The Morgan fingerprint density at radius 3 is 2.48 bits per heavy atom. The molecule has 0 aliphatic rings. The van der Waals surface area contributed by atoms with Gasteiger partial charge in [-0.2, -0.15) is 13.2 Å². The predicted molar refractivity (Wildman–Crippen MR) is 126 cm³/mol. The number of imidazole rings is 1. The second-order valence-corrected chi connectivity index (χ2v) is 6.70. The fraction of sp³-hybridized carbons (Fsp3) is 0.273. The Labute approximate surface area is 196 Å². The Morgan fingerprint density at radius 2 is 1.77 bits per heavy atom. The second kappa shape index (κ2) is 11.7. The van der Waals surface area contributed by atoms with Crippen LogP contribution < -0.4 is 10.6 Å². The lowest BCUT2D eigenvalue weighted by Gasteiger charge is -2.13. The van der Waals surface area contributed by atoms with Crippen LogP contribution in [0.2, 0.25) is 0 Å². The van der Waals surface area contributed by atoms with Crippen molar-refractivity contribution in [2.75, 3.05) is 6.54 Å². The number of nitrogens with zero attached hydrogens (tertiary/aromatic N) is 3. The Kier molecular flexibility index (Phi) is 9.35. The van der Waals surface area contributed by atoms with Gasteiger partial charge in [0, 0.05) is 25.5 Å². The molecule has 5 nitrogen and oxygen atoms in total. The summed E-state index contributed by atoms with van der Waals surface area (Å²) in [4.78, 5) is 8.80. The van der Waals surface area contributed by atoms with Gasteiger partial charge in [0.15, 0.2) is 5.96 Å². The molecule has 3 rings (SSSR count). The van der Waals surface area contributed by atoms with Crippen LogP contribution in [0.4, 0.5) is 13.2 Å². The average Bonchev–Trinajstić information content (AvgIpc) is 3.17. The zero-order valence-electron chi connectivity index (χ0n) is 17.1. The maximum atomic E-state index is 12.9. The van der Waals surface area contributed by atoms with E-state index >= 15 is 0 Å². The third kappa shape index (κ3) is 7.57. The summed E-state index contributed by atoms with van der Waals surface area (Å²) >= 11 is 0. The van der Waals surface area contributed by atoms with Crippen molar-refractivity contribution in [3.8, 4) is 0 Å². The van der Waals surface area contributed by atoms with Gasteiger partial charge < -0.3 is 15.2 Å². The van der Waals surface area contributed by atoms with Crippen LogP contribution in [0.1, 0.15) is 29.4 Å². The van der Waals surface area contributed by atoms with E-state index in [4.69, 9.17) is 0 Å². The van der Waals surface area contributed by atoms with E-state index in [1.165, 1.54) is 11.6 Å². The molecule has 0 amide bonds. The van der Waals surface area contributed by atoms with Crippen molar-refractivity contribution in [2.24, 2.45) is 4.99 Å². The number of hydrogen-bond acceptors (Lipinski definition) is 2. The molecule has 0 saturated carbocycles. The smallest absolute Gasteiger partial charge is 0.357 e. The number of hydrogen-bond donors (Lipinski definition) is 2. The minimum Gasteiger partial charge on any atom is -0.357 e. The van der Waals surface area contributed by atoms with Crippen LogP contribution in [-0.4, -0.2) is 22.1 Å². The number of alkyl halides is 3. The number of aromatic nitrogens is 2. The van der Waals surface area contributed by atoms with Crippen LogP contribution in [-0.2, 0) is 25.8 Å². The summed E-state index contributed by atoms with van der Waals surface area (Å²) in [5.41, 5.74) is 0.991. The van der Waals surface area contributed by atoms with E-state index in [1.807, 2.05) is 35.9 Å². The maximum absolute atomic E-state index is 12.9. The standard InChI is InChI=1S/C22H24F3N5.HI/c1-2-26-21(28-14-18-9-6-10-19(13-18)22(23,24)25)29-15-20-27-11-12-30(20)16-17-7-4-3-5-8-17;/h3-13H,2,14-16H2,1H3,(H2,26,28,29);1H. The molecule has 0 aliphatic carbocycles. The lowest BCUT2D eigenvalue weighted by molar-refractivity contribution is -0.137. The third-order valence-corrected chi connectivity index (χ3v) is 4.43. The van der Waals surface area contributed by atoms with E-state index in [0.29, 0.717) is 31.2 Å². The molecule has 0 bridgehead atoms. The van der Waals surface area contributed by atoms with Crippen LogP contribution in [0.15, 0.2) is 72.0 Å². The van der Waals surface area contributed by atoms with Crippen molar-refractivity contribution < 1.29 is 13.2 Å². The summed E-state index contributed by atoms with van der Waals surface area (Å²) in [7, 11) is 0. The van der Waals surface area contributed by atoms with E-state index < -0.39 is 11.7 Å². The minimum atomic E-state index is -4.36. The quantitative estimate of drug-likeness (QED) is 0.255. The number of nitrogens with one attached hydrogen (secondary N) is 2. The first-order valence-corrected chi connectivity index (χ1v) is 9.68. The molecule has 0 fully saturated rings. The van der Waals surface area contributed by atoms with Gasteiger partial charge in [0.05, 0.1) is 18.7 Å². The number of rotatable bonds is 7. The van der Waals surface area contributed by atoms with Gasteiger partial charge in [-0.3, -0.25) is 0 Å². The summed E-state index contributed by atoms with van der Waals surface area (Å²) < 4.78 is 40.7. The minimum absolute atomic E-state index is 0.